The summed E-state index contributed by atoms with van der Waals surface area (Å²) in [6.45, 7) is 5.59. The van der Waals surface area contributed by atoms with Gasteiger partial charge in [-0.05, 0) is 38.0 Å². The number of allylic oxidation sites excluding steroid dienone is 1. The second-order valence-electron chi connectivity index (χ2n) is 6.81. The van der Waals surface area contributed by atoms with Crippen molar-refractivity contribution in [2.75, 3.05) is 0 Å². The van der Waals surface area contributed by atoms with Gasteiger partial charge in [-0.15, -0.1) is 0 Å². The van der Waals surface area contributed by atoms with Crippen LogP contribution in [0.5, 0.6) is 0 Å². The van der Waals surface area contributed by atoms with Crippen LogP contribution in [0.3, 0.4) is 0 Å². The van der Waals surface area contributed by atoms with E-state index in [2.05, 4.69) is 4.99 Å². The number of carbonyl (C=O) groups excluding carboxylic acids is 1. The summed E-state index contributed by atoms with van der Waals surface area (Å²) in [6.07, 6.45) is 5.99. The fourth-order valence-electron chi connectivity index (χ4n) is 2.28. The fourth-order valence-corrected chi connectivity index (χ4v) is 2.28. The molecule has 25 heavy (non-hydrogen) atoms. The summed E-state index contributed by atoms with van der Waals surface area (Å²) in [7, 11) is 0. The standard InChI is InChI=1S/C22H25NO2/c1-22(2,3)25-21(24)20(17-19-13-8-5-9-14-19)23-16-10-15-18-11-6-4-7-12-18/h4-16,20H,17H2,1-3H3/b15-10+,23-16?/t20-/m0/s1. The van der Waals surface area contributed by atoms with Gasteiger partial charge in [0, 0.05) is 12.6 Å². The van der Waals surface area contributed by atoms with Gasteiger partial charge in [0.25, 0.3) is 0 Å². The quantitative estimate of drug-likeness (QED) is 0.566. The molecule has 1 atom stereocenters. The largest absolute Gasteiger partial charge is 0.458 e. The Bertz CT molecular complexity index is 713. The van der Waals surface area contributed by atoms with Gasteiger partial charge in [0.15, 0.2) is 6.04 Å². The molecule has 3 nitrogen and oxygen atoms in total. The summed E-state index contributed by atoms with van der Waals surface area (Å²) >= 11 is 0. The van der Waals surface area contributed by atoms with E-state index in [9.17, 15) is 4.79 Å². The van der Waals surface area contributed by atoms with Gasteiger partial charge in [0.05, 0.1) is 0 Å². The predicted octanol–water partition coefficient (Wildman–Crippen LogP) is 4.72. The molecule has 0 amide bonds. The van der Waals surface area contributed by atoms with Crippen molar-refractivity contribution in [1.29, 1.82) is 0 Å². The summed E-state index contributed by atoms with van der Waals surface area (Å²) in [5, 5.41) is 0. The van der Waals surface area contributed by atoms with E-state index in [4.69, 9.17) is 4.74 Å². The average Bonchev–Trinajstić information content (AvgIpc) is 2.58. The number of nitrogens with zero attached hydrogens (tertiary/aromatic N) is 1. The van der Waals surface area contributed by atoms with Crippen molar-refractivity contribution in [2.45, 2.75) is 38.8 Å². The van der Waals surface area contributed by atoms with Crippen LogP contribution >= 0.6 is 0 Å². The van der Waals surface area contributed by atoms with Crippen molar-refractivity contribution in [3.8, 4) is 0 Å². The lowest BCUT2D eigenvalue weighted by molar-refractivity contribution is -0.156. The molecule has 0 radical (unpaired) electrons. The maximum absolute atomic E-state index is 12.5. The lowest BCUT2D eigenvalue weighted by Crippen LogP contribution is -2.32. The Labute approximate surface area is 150 Å². The van der Waals surface area contributed by atoms with Crippen LogP contribution in [0.15, 0.2) is 71.7 Å². The van der Waals surface area contributed by atoms with E-state index in [0.29, 0.717) is 6.42 Å². The number of carbonyl (C=O) groups is 1. The van der Waals surface area contributed by atoms with Gasteiger partial charge in [-0.25, -0.2) is 4.79 Å². The van der Waals surface area contributed by atoms with Gasteiger partial charge in [-0.2, -0.15) is 0 Å². The molecule has 0 N–H and O–H groups in total. The lowest BCUT2D eigenvalue weighted by atomic mass is 10.1. The van der Waals surface area contributed by atoms with E-state index in [1.54, 1.807) is 6.21 Å². The molecular formula is C22H25NO2. The Kier molecular flexibility index (Phi) is 6.70. The van der Waals surface area contributed by atoms with Crippen LogP contribution in [0, 0.1) is 0 Å². The third-order valence-corrected chi connectivity index (χ3v) is 3.39. The van der Waals surface area contributed by atoms with Crippen LogP contribution in [0.4, 0.5) is 0 Å². The molecule has 0 aliphatic heterocycles. The Hall–Kier alpha value is -2.68. The lowest BCUT2D eigenvalue weighted by Gasteiger charge is -2.22. The first-order chi connectivity index (χ1) is 11.9. The molecule has 0 saturated heterocycles. The Morgan fingerprint density at radius 1 is 1.04 bits per heavy atom. The first kappa shape index (κ1) is 18.7. The number of ether oxygens (including phenoxy) is 1. The summed E-state index contributed by atoms with van der Waals surface area (Å²) in [4.78, 5) is 16.9. The zero-order chi connectivity index (χ0) is 18.1. The molecule has 0 fully saturated rings. The number of rotatable bonds is 6. The van der Waals surface area contributed by atoms with E-state index >= 15 is 0 Å². The highest BCUT2D eigenvalue weighted by molar-refractivity contribution is 5.83. The molecule has 0 bridgehead atoms. The third-order valence-electron chi connectivity index (χ3n) is 3.39. The second-order valence-corrected chi connectivity index (χ2v) is 6.81. The molecule has 0 aliphatic rings. The summed E-state index contributed by atoms with van der Waals surface area (Å²) < 4.78 is 5.51. The number of benzene rings is 2. The Balaban J connectivity index is 2.09. The van der Waals surface area contributed by atoms with Crippen LogP contribution in [0.1, 0.15) is 31.9 Å². The highest BCUT2D eigenvalue weighted by Crippen LogP contribution is 2.13. The van der Waals surface area contributed by atoms with Crippen molar-refractivity contribution < 1.29 is 9.53 Å². The van der Waals surface area contributed by atoms with Crippen LogP contribution in [0.25, 0.3) is 6.08 Å². The Morgan fingerprint density at radius 3 is 2.24 bits per heavy atom. The molecule has 0 spiro atoms. The maximum atomic E-state index is 12.5. The minimum absolute atomic E-state index is 0.305. The molecule has 0 aromatic heterocycles. The van der Waals surface area contributed by atoms with Crippen molar-refractivity contribution in [3.05, 3.63) is 77.9 Å². The summed E-state index contributed by atoms with van der Waals surface area (Å²) in [6, 6.07) is 19.3. The monoisotopic (exact) mass is 335 g/mol. The molecule has 0 aliphatic carbocycles. The van der Waals surface area contributed by atoms with Gasteiger partial charge >= 0.3 is 5.97 Å². The van der Waals surface area contributed by atoms with Gasteiger partial charge in [0.2, 0.25) is 0 Å². The van der Waals surface area contributed by atoms with Crippen LogP contribution in [-0.2, 0) is 16.0 Å². The van der Waals surface area contributed by atoms with E-state index < -0.39 is 11.6 Å². The second kappa shape index (κ2) is 8.97. The molecule has 2 aromatic carbocycles. The zero-order valence-electron chi connectivity index (χ0n) is 15.1. The third kappa shape index (κ3) is 7.17. The van der Waals surface area contributed by atoms with Crippen LogP contribution < -0.4 is 0 Å². The highest BCUT2D eigenvalue weighted by atomic mass is 16.6. The average molecular weight is 335 g/mol. The van der Waals surface area contributed by atoms with Crippen LogP contribution in [-0.4, -0.2) is 23.8 Å². The van der Waals surface area contributed by atoms with Crippen molar-refractivity contribution in [3.63, 3.8) is 0 Å². The van der Waals surface area contributed by atoms with E-state index in [1.807, 2.05) is 93.6 Å². The van der Waals surface area contributed by atoms with Crippen molar-refractivity contribution in [1.82, 2.24) is 0 Å². The first-order valence-corrected chi connectivity index (χ1v) is 8.46. The maximum Gasteiger partial charge on any atom is 0.331 e. The van der Waals surface area contributed by atoms with Gasteiger partial charge in [0.1, 0.15) is 5.60 Å². The number of esters is 1. The molecular weight excluding hydrogens is 310 g/mol. The number of hydrogen-bond donors (Lipinski definition) is 0. The summed E-state index contributed by atoms with van der Waals surface area (Å²) in [5.41, 5.74) is 1.62. The molecule has 0 saturated carbocycles. The molecule has 2 aromatic rings. The van der Waals surface area contributed by atoms with Gasteiger partial charge in [-0.3, -0.25) is 4.99 Å². The first-order valence-electron chi connectivity index (χ1n) is 8.46. The van der Waals surface area contributed by atoms with Gasteiger partial charge < -0.3 is 4.74 Å². The topological polar surface area (TPSA) is 38.7 Å². The molecule has 130 valence electrons. The Morgan fingerprint density at radius 2 is 1.64 bits per heavy atom. The van der Waals surface area contributed by atoms with E-state index in [-0.39, 0.29) is 5.97 Å². The summed E-state index contributed by atoms with van der Waals surface area (Å²) in [5.74, 6) is -0.305. The normalized spacial score (nSPS) is 13.2. The SMILES string of the molecule is CC(C)(C)OC(=O)[C@H](Cc1ccccc1)N=C/C=C/c1ccccc1. The fraction of sp³-hybridized carbons (Fsp3) is 0.273. The number of hydrogen-bond acceptors (Lipinski definition) is 3. The zero-order valence-corrected chi connectivity index (χ0v) is 15.1. The van der Waals surface area contributed by atoms with Crippen molar-refractivity contribution in [2.24, 2.45) is 4.99 Å². The molecule has 2 rings (SSSR count). The van der Waals surface area contributed by atoms with Gasteiger partial charge in [-0.1, -0.05) is 66.7 Å². The smallest absolute Gasteiger partial charge is 0.331 e. The highest BCUT2D eigenvalue weighted by Gasteiger charge is 2.24. The van der Waals surface area contributed by atoms with E-state index in [0.717, 1.165) is 11.1 Å². The van der Waals surface area contributed by atoms with Crippen molar-refractivity contribution >= 4 is 18.3 Å². The van der Waals surface area contributed by atoms with Crippen LogP contribution in [0.2, 0.25) is 0 Å². The molecule has 0 heterocycles. The predicted molar refractivity (Wildman–Crippen MR) is 104 cm³/mol. The minimum atomic E-state index is -0.554. The van der Waals surface area contributed by atoms with E-state index in [1.165, 1.54) is 0 Å². The molecule has 3 heteroatoms. The minimum Gasteiger partial charge on any atom is -0.458 e. The molecule has 0 unspecified atom stereocenters. The number of aliphatic imine (C=N–C) groups is 1.